The average Bonchev–Trinajstić information content (AvgIpc) is 2.96. The molecule has 0 aromatic heterocycles. The summed E-state index contributed by atoms with van der Waals surface area (Å²) in [6, 6.07) is 9.41. The number of carboxylic acids is 1. The van der Waals surface area contributed by atoms with Crippen LogP contribution in [0.4, 0.5) is 5.69 Å². The van der Waals surface area contributed by atoms with Gasteiger partial charge in [-0.2, -0.15) is 0 Å². The first-order valence-corrected chi connectivity index (χ1v) is 13.7. The zero-order valence-corrected chi connectivity index (χ0v) is 23.3. The van der Waals surface area contributed by atoms with Crippen molar-refractivity contribution in [1.29, 1.82) is 0 Å². The lowest BCUT2D eigenvalue weighted by Gasteiger charge is -2.49. The van der Waals surface area contributed by atoms with E-state index in [4.69, 9.17) is 21.1 Å². The molecule has 2 heterocycles. The van der Waals surface area contributed by atoms with Gasteiger partial charge in [0.2, 0.25) is 5.91 Å². The second-order valence-electron chi connectivity index (χ2n) is 9.00. The highest BCUT2D eigenvalue weighted by molar-refractivity contribution is 8.00. The number of aliphatic carboxylic acids is 1. The van der Waals surface area contributed by atoms with Gasteiger partial charge in [0.15, 0.2) is 12.4 Å². The molecule has 0 bridgehead atoms. The normalized spacial score (nSPS) is 18.2. The predicted molar refractivity (Wildman–Crippen MR) is 147 cm³/mol. The summed E-state index contributed by atoms with van der Waals surface area (Å²) in [4.78, 5) is 73.9. The minimum Gasteiger partial charge on any atom is -0.477 e. The summed E-state index contributed by atoms with van der Waals surface area (Å²) < 4.78 is 10.2. The number of β-lactam (4-membered cyclic amide) rings is 1. The maximum absolute atomic E-state index is 13.4. The van der Waals surface area contributed by atoms with E-state index in [2.05, 4.69) is 10.6 Å². The molecule has 16 heteroatoms. The van der Waals surface area contributed by atoms with Crippen molar-refractivity contribution in [2.75, 3.05) is 19.0 Å². The number of thioether (sulfide) groups is 1. The minimum absolute atomic E-state index is 0.103. The summed E-state index contributed by atoms with van der Waals surface area (Å²) in [5.41, 5.74) is -0.142. The summed E-state index contributed by atoms with van der Waals surface area (Å²) >= 11 is 6.99. The molecule has 0 unspecified atom stereocenters. The molecule has 2 aromatic carbocycles. The number of esters is 1. The number of hydrogen-bond donors (Lipinski definition) is 3. The van der Waals surface area contributed by atoms with Crippen LogP contribution in [0.5, 0.6) is 5.75 Å². The van der Waals surface area contributed by atoms with Gasteiger partial charge >= 0.3 is 17.6 Å². The van der Waals surface area contributed by atoms with Crippen LogP contribution in [-0.4, -0.2) is 75.0 Å². The van der Waals surface area contributed by atoms with Gasteiger partial charge in [0.05, 0.1) is 4.92 Å². The first kappa shape index (κ1) is 30.3. The number of carbonyl (C=O) groups excluding carboxylic acids is 4. The van der Waals surface area contributed by atoms with Gasteiger partial charge in [-0.05, 0) is 17.7 Å². The van der Waals surface area contributed by atoms with Crippen molar-refractivity contribution in [3.63, 3.8) is 0 Å². The van der Waals surface area contributed by atoms with Crippen molar-refractivity contribution in [2.24, 2.45) is 0 Å². The minimum atomic E-state index is -1.38. The van der Waals surface area contributed by atoms with Crippen LogP contribution in [0.25, 0.3) is 0 Å². The molecule has 42 heavy (non-hydrogen) atoms. The topological polar surface area (TPSA) is 194 Å². The Bertz CT molecular complexity index is 1480. The predicted octanol–water partition coefficient (Wildman–Crippen LogP) is 1.79. The highest BCUT2D eigenvalue weighted by Gasteiger charge is 2.54. The molecule has 3 N–H and O–H groups in total. The number of fused-ring (bicyclic) bond motifs is 1. The first-order valence-electron chi connectivity index (χ1n) is 12.2. The maximum Gasteiger partial charge on any atom is 0.352 e. The lowest BCUT2D eigenvalue weighted by atomic mass is 10.0. The summed E-state index contributed by atoms with van der Waals surface area (Å²) in [5.74, 6) is -4.27. The molecule has 14 nitrogen and oxygen atoms in total. The van der Waals surface area contributed by atoms with Crippen molar-refractivity contribution in [2.45, 2.75) is 24.4 Å². The number of nitrogens with one attached hydrogen (secondary N) is 2. The first-order chi connectivity index (χ1) is 20.0. The van der Waals surface area contributed by atoms with Gasteiger partial charge < -0.3 is 25.2 Å². The van der Waals surface area contributed by atoms with Crippen LogP contribution < -0.4 is 15.4 Å². The number of benzene rings is 2. The number of ether oxygens (including phenoxy) is 2. The number of rotatable bonds is 11. The van der Waals surface area contributed by atoms with Gasteiger partial charge in [-0.25, -0.2) is 4.79 Å². The molecule has 0 aliphatic carbocycles. The zero-order valence-electron chi connectivity index (χ0n) is 21.8. The average molecular weight is 619 g/mol. The van der Waals surface area contributed by atoms with Gasteiger partial charge in [-0.3, -0.25) is 34.2 Å². The number of nitrogens with zero attached hydrogens (tertiary/aromatic N) is 2. The molecule has 0 spiro atoms. The number of nitro benzene ring substituents is 1. The SMILES string of the molecule is CC(=O)OCC1=C(C(=O)O)N2C(=O)[C@@H](NC(=O)[C@@H](NC(=O)COc3ccc(Cl)cc3[N+](=O)[O-])c3ccccc3)[C@H]2SC1. The Balaban J connectivity index is 1.47. The largest absolute Gasteiger partial charge is 0.477 e. The molecule has 4 rings (SSSR count). The van der Waals surface area contributed by atoms with Crippen LogP contribution in [0.1, 0.15) is 18.5 Å². The molecule has 3 atom stereocenters. The van der Waals surface area contributed by atoms with Crippen molar-refractivity contribution in [3.05, 3.63) is 80.5 Å². The smallest absolute Gasteiger partial charge is 0.352 e. The highest BCUT2D eigenvalue weighted by atomic mass is 35.5. The lowest BCUT2D eigenvalue weighted by molar-refractivity contribution is -0.385. The van der Waals surface area contributed by atoms with Crippen molar-refractivity contribution < 1.29 is 43.5 Å². The molecule has 0 radical (unpaired) electrons. The van der Waals surface area contributed by atoms with Crippen LogP contribution >= 0.6 is 23.4 Å². The Morgan fingerprint density at radius 1 is 1.21 bits per heavy atom. The summed E-state index contributed by atoms with van der Waals surface area (Å²) in [5, 5.41) is 25.5. The Morgan fingerprint density at radius 3 is 2.57 bits per heavy atom. The Kier molecular flexibility index (Phi) is 9.32. The van der Waals surface area contributed by atoms with Crippen molar-refractivity contribution in [3.8, 4) is 5.75 Å². The van der Waals surface area contributed by atoms with Gasteiger partial charge in [0.1, 0.15) is 29.8 Å². The van der Waals surface area contributed by atoms with Crippen LogP contribution in [0, 0.1) is 10.1 Å². The third kappa shape index (κ3) is 6.63. The van der Waals surface area contributed by atoms with Crippen LogP contribution in [0.15, 0.2) is 59.8 Å². The van der Waals surface area contributed by atoms with Gasteiger partial charge in [0, 0.05) is 29.3 Å². The Labute approximate surface area is 247 Å². The van der Waals surface area contributed by atoms with Crippen LogP contribution in [0.3, 0.4) is 0 Å². The van der Waals surface area contributed by atoms with Crippen LogP contribution in [0.2, 0.25) is 5.02 Å². The van der Waals surface area contributed by atoms with E-state index in [-0.39, 0.29) is 34.4 Å². The lowest BCUT2D eigenvalue weighted by Crippen LogP contribution is -2.71. The van der Waals surface area contributed by atoms with Gasteiger partial charge in [-0.1, -0.05) is 41.9 Å². The van der Waals surface area contributed by atoms with Crippen molar-refractivity contribution >= 4 is 58.7 Å². The molecule has 1 saturated heterocycles. The molecule has 2 aliphatic heterocycles. The quantitative estimate of drug-likeness (QED) is 0.144. The van der Waals surface area contributed by atoms with Crippen molar-refractivity contribution in [1.82, 2.24) is 15.5 Å². The standard InChI is InChI=1S/C26H23ClN4O10S/c1-13(32)40-10-15-12-42-25-21(24(35)30(25)22(15)26(36)37)29-23(34)20(14-5-3-2-4-6-14)28-19(33)11-41-18-8-7-16(27)9-17(18)31(38)39/h2-9,20-21,25H,10-12H2,1H3,(H,28,33)(H,29,34)(H,36,37)/t20-,21+,25+/m0/s1. The third-order valence-corrected chi connectivity index (χ3v) is 7.75. The number of amides is 3. The van der Waals surface area contributed by atoms with Gasteiger partial charge in [-0.15, -0.1) is 11.8 Å². The molecule has 2 aliphatic rings. The number of nitro groups is 1. The third-order valence-electron chi connectivity index (χ3n) is 6.17. The zero-order chi connectivity index (χ0) is 30.6. The molecular formula is C26H23ClN4O10S. The monoisotopic (exact) mass is 618 g/mol. The number of carboxylic acid groups (broad SMARTS) is 1. The second-order valence-corrected chi connectivity index (χ2v) is 10.5. The van der Waals surface area contributed by atoms with Gasteiger partial charge in [0.25, 0.3) is 11.8 Å². The van der Waals surface area contributed by atoms with E-state index >= 15 is 0 Å². The Morgan fingerprint density at radius 2 is 1.93 bits per heavy atom. The summed E-state index contributed by atoms with van der Waals surface area (Å²) in [6.45, 7) is 0.210. The molecule has 0 saturated carbocycles. The molecule has 1 fully saturated rings. The van der Waals surface area contributed by atoms with E-state index in [1.165, 1.54) is 30.8 Å². The maximum atomic E-state index is 13.4. The fourth-order valence-electron chi connectivity index (χ4n) is 4.27. The number of hydrogen-bond acceptors (Lipinski definition) is 10. The highest BCUT2D eigenvalue weighted by Crippen LogP contribution is 2.40. The fraction of sp³-hybridized carbons (Fsp3) is 0.269. The fourth-order valence-corrected chi connectivity index (χ4v) is 5.76. The molecule has 220 valence electrons. The van der Waals surface area contributed by atoms with E-state index in [1.807, 2.05) is 0 Å². The number of carbonyl (C=O) groups is 5. The number of halogens is 1. The van der Waals surface area contributed by atoms with E-state index in [1.54, 1.807) is 30.3 Å². The molecule has 3 amide bonds. The van der Waals surface area contributed by atoms with E-state index < -0.39 is 64.3 Å². The van der Waals surface area contributed by atoms with E-state index in [0.717, 1.165) is 11.0 Å². The second kappa shape index (κ2) is 12.9. The molecular weight excluding hydrogens is 596 g/mol. The summed E-state index contributed by atoms with van der Waals surface area (Å²) in [7, 11) is 0. The summed E-state index contributed by atoms with van der Waals surface area (Å²) in [6.07, 6.45) is 0. The van der Waals surface area contributed by atoms with E-state index in [9.17, 15) is 39.2 Å². The Hall–Kier alpha value is -4.63. The van der Waals surface area contributed by atoms with Crippen LogP contribution in [-0.2, 0) is 28.7 Å². The molecule has 2 aromatic rings. The van der Waals surface area contributed by atoms with E-state index in [0.29, 0.717) is 5.56 Å².